The monoisotopic (exact) mass is 530 g/mol. The maximum Gasteiger partial charge on any atom is 0.318 e. The van der Waals surface area contributed by atoms with Crippen molar-refractivity contribution in [2.75, 3.05) is 25.4 Å². The number of hydrogen-bond donors (Lipinski definition) is 3. The van der Waals surface area contributed by atoms with Crippen LogP contribution in [0.3, 0.4) is 0 Å². The van der Waals surface area contributed by atoms with Crippen LogP contribution in [-0.2, 0) is 27.2 Å². The van der Waals surface area contributed by atoms with Crippen LogP contribution in [0.15, 0.2) is 54.6 Å². The molecule has 0 heterocycles. The zero-order valence-corrected chi connectivity index (χ0v) is 21.2. The van der Waals surface area contributed by atoms with E-state index in [0.29, 0.717) is 24.3 Å². The lowest BCUT2D eigenvalue weighted by atomic mass is 10.0. The van der Waals surface area contributed by atoms with E-state index in [1.54, 1.807) is 0 Å². The molecule has 0 spiro atoms. The quantitative estimate of drug-likeness (QED) is 0.248. The van der Waals surface area contributed by atoms with Crippen molar-refractivity contribution in [3.8, 4) is 0 Å². The van der Waals surface area contributed by atoms with Gasteiger partial charge < -0.3 is 20.6 Å². The molecule has 11 nitrogen and oxygen atoms in total. The molecule has 0 unspecified atom stereocenters. The molecule has 2 aromatic rings. The molecule has 37 heavy (non-hydrogen) atoms. The van der Waals surface area contributed by atoms with Crippen molar-refractivity contribution in [3.05, 3.63) is 75.8 Å². The summed E-state index contributed by atoms with van der Waals surface area (Å²) in [7, 11) is 0. The molecule has 0 aliphatic carbocycles. The molecule has 3 N–H and O–H groups in total. The number of carboxylic acid groups (broad SMARTS) is 1. The molecule has 0 fully saturated rings. The van der Waals surface area contributed by atoms with Gasteiger partial charge in [0.1, 0.15) is 6.04 Å². The van der Waals surface area contributed by atoms with E-state index in [1.165, 1.54) is 36.1 Å². The third kappa shape index (κ3) is 11.1. The van der Waals surface area contributed by atoms with Crippen LogP contribution in [0, 0.1) is 10.1 Å². The number of nitro benzene ring substituents is 1. The lowest BCUT2D eigenvalue weighted by molar-refractivity contribution is -0.384. The van der Waals surface area contributed by atoms with Gasteiger partial charge in [-0.1, -0.05) is 54.2 Å². The number of non-ortho nitro benzene ring substituents is 1. The number of nitrogens with one attached hydrogen (secondary N) is 2. The highest BCUT2D eigenvalue weighted by Gasteiger charge is 2.24. The summed E-state index contributed by atoms with van der Waals surface area (Å²) in [5.74, 6) is -1.27. The molecule has 0 saturated carbocycles. The Bertz CT molecular complexity index is 1080. The van der Waals surface area contributed by atoms with Crippen molar-refractivity contribution in [1.82, 2.24) is 15.5 Å². The third-order valence-electron chi connectivity index (χ3n) is 5.31. The van der Waals surface area contributed by atoms with E-state index >= 15 is 0 Å². The summed E-state index contributed by atoms with van der Waals surface area (Å²) in [6.45, 7) is 1.95. The Morgan fingerprint density at radius 3 is 2.30 bits per heavy atom. The summed E-state index contributed by atoms with van der Waals surface area (Å²) in [5.41, 5.74) is 1.49. The number of carbonyl (C=O) groups excluding carboxylic acids is 3. The normalized spacial score (nSPS) is 11.3. The van der Waals surface area contributed by atoms with E-state index in [1.807, 2.05) is 30.3 Å². The molecule has 0 aromatic heterocycles. The molecule has 2 rings (SSSR count). The number of benzene rings is 2. The second kappa shape index (κ2) is 15.2. The van der Waals surface area contributed by atoms with Crippen molar-refractivity contribution in [1.29, 1.82) is 0 Å². The van der Waals surface area contributed by atoms with Crippen LogP contribution in [0.25, 0.3) is 0 Å². The van der Waals surface area contributed by atoms with Crippen molar-refractivity contribution >= 4 is 40.5 Å². The van der Waals surface area contributed by atoms with E-state index in [-0.39, 0.29) is 36.7 Å². The van der Waals surface area contributed by atoms with E-state index in [4.69, 9.17) is 5.11 Å². The van der Waals surface area contributed by atoms with Gasteiger partial charge in [-0.3, -0.25) is 24.5 Å². The summed E-state index contributed by atoms with van der Waals surface area (Å²) in [6, 6.07) is 13.6. The summed E-state index contributed by atoms with van der Waals surface area (Å²) in [4.78, 5) is 60.2. The molecular weight excluding hydrogens is 500 g/mol. The summed E-state index contributed by atoms with van der Waals surface area (Å²) < 4.78 is 0. The number of aliphatic carboxylic acids is 1. The van der Waals surface area contributed by atoms with Crippen LogP contribution in [-0.4, -0.2) is 69.4 Å². The fourth-order valence-corrected chi connectivity index (χ4v) is 3.98. The van der Waals surface area contributed by atoms with Crippen LogP contribution in [0.2, 0.25) is 0 Å². The van der Waals surface area contributed by atoms with Gasteiger partial charge in [0.15, 0.2) is 5.12 Å². The number of carbonyl (C=O) groups is 4. The van der Waals surface area contributed by atoms with Gasteiger partial charge in [0, 0.05) is 50.9 Å². The lowest BCUT2D eigenvalue weighted by Gasteiger charge is -2.26. The molecule has 0 aliphatic heterocycles. The van der Waals surface area contributed by atoms with Gasteiger partial charge in [-0.05, 0) is 17.5 Å². The lowest BCUT2D eigenvalue weighted by Crippen LogP contribution is -2.53. The number of nitro groups is 1. The van der Waals surface area contributed by atoms with Gasteiger partial charge >= 0.3 is 12.0 Å². The minimum absolute atomic E-state index is 0.0390. The van der Waals surface area contributed by atoms with E-state index in [0.717, 1.165) is 17.3 Å². The molecule has 198 valence electrons. The average molecular weight is 531 g/mol. The second-order valence-electron chi connectivity index (χ2n) is 8.13. The Labute approximate surface area is 218 Å². The highest BCUT2D eigenvalue weighted by molar-refractivity contribution is 8.13. The van der Waals surface area contributed by atoms with Gasteiger partial charge in [0.05, 0.1) is 11.3 Å². The predicted molar refractivity (Wildman–Crippen MR) is 139 cm³/mol. The third-order valence-corrected chi connectivity index (χ3v) is 6.10. The van der Waals surface area contributed by atoms with Crippen molar-refractivity contribution in [2.24, 2.45) is 0 Å². The first-order valence-electron chi connectivity index (χ1n) is 11.6. The fraction of sp³-hybridized carbons (Fsp3) is 0.360. The Morgan fingerprint density at radius 1 is 1.03 bits per heavy atom. The van der Waals surface area contributed by atoms with E-state index < -0.39 is 28.9 Å². The zero-order valence-electron chi connectivity index (χ0n) is 20.4. The highest BCUT2D eigenvalue weighted by Crippen LogP contribution is 2.14. The number of urea groups is 1. The van der Waals surface area contributed by atoms with Gasteiger partial charge in [0.25, 0.3) is 5.69 Å². The Balaban J connectivity index is 2.16. The first-order chi connectivity index (χ1) is 17.7. The Morgan fingerprint density at radius 2 is 1.70 bits per heavy atom. The van der Waals surface area contributed by atoms with Crippen LogP contribution in [0.4, 0.5) is 10.5 Å². The molecule has 0 saturated heterocycles. The highest BCUT2D eigenvalue weighted by atomic mass is 32.2. The van der Waals surface area contributed by atoms with Crippen LogP contribution in [0.5, 0.6) is 0 Å². The maximum atomic E-state index is 13.2. The molecule has 0 radical (unpaired) electrons. The van der Waals surface area contributed by atoms with Crippen molar-refractivity contribution in [3.63, 3.8) is 0 Å². The van der Waals surface area contributed by atoms with Crippen molar-refractivity contribution < 1.29 is 29.2 Å². The fourth-order valence-electron chi connectivity index (χ4n) is 3.38. The first kappa shape index (κ1) is 29.3. The van der Waals surface area contributed by atoms with E-state index in [9.17, 15) is 29.3 Å². The van der Waals surface area contributed by atoms with E-state index in [2.05, 4.69) is 10.6 Å². The van der Waals surface area contributed by atoms with Crippen LogP contribution in [0.1, 0.15) is 24.5 Å². The minimum atomic E-state index is -1.08. The predicted octanol–water partition coefficient (Wildman–Crippen LogP) is 2.63. The minimum Gasteiger partial charge on any atom is -0.481 e. The van der Waals surface area contributed by atoms with Crippen LogP contribution < -0.4 is 10.6 Å². The number of hydrogen-bond acceptors (Lipinski definition) is 7. The SMILES string of the molecule is CC(=O)SCCN(CCc1ccccc1)C(=O)N[C@H](Cc1ccc([N+](=O)[O-])cc1)C(=O)NCCC(=O)O. The summed E-state index contributed by atoms with van der Waals surface area (Å²) in [6.07, 6.45) is 0.323. The average Bonchev–Trinajstić information content (AvgIpc) is 2.86. The smallest absolute Gasteiger partial charge is 0.318 e. The Hall–Kier alpha value is -3.93. The first-order valence-corrected chi connectivity index (χ1v) is 12.6. The molecule has 12 heteroatoms. The summed E-state index contributed by atoms with van der Waals surface area (Å²) in [5, 5.41) is 24.9. The molecule has 0 aliphatic rings. The molecule has 0 bridgehead atoms. The number of thioether (sulfide) groups is 1. The number of amides is 3. The Kier molecular flexibility index (Phi) is 12.1. The molecule has 2 aromatic carbocycles. The van der Waals surface area contributed by atoms with Gasteiger partial charge in [0.2, 0.25) is 5.91 Å². The molecule has 1 atom stereocenters. The van der Waals surface area contributed by atoms with Gasteiger partial charge in [-0.25, -0.2) is 4.79 Å². The summed E-state index contributed by atoms with van der Waals surface area (Å²) >= 11 is 1.09. The maximum absolute atomic E-state index is 13.2. The topological polar surface area (TPSA) is 159 Å². The van der Waals surface area contributed by atoms with Gasteiger partial charge in [-0.2, -0.15) is 0 Å². The largest absolute Gasteiger partial charge is 0.481 e. The van der Waals surface area contributed by atoms with Crippen LogP contribution >= 0.6 is 11.8 Å². The standard InChI is InChI=1S/C25H30N4O7S/c1-18(30)37-16-15-28(14-12-19-5-3-2-4-6-19)25(34)27-22(24(33)26-13-11-23(31)32)17-20-7-9-21(10-8-20)29(35)36/h2-10,22H,11-17H2,1H3,(H,26,33)(H,27,34)(H,31,32)/t22-/m1/s1. The number of carboxylic acids is 1. The van der Waals surface area contributed by atoms with Crippen molar-refractivity contribution in [2.45, 2.75) is 32.2 Å². The molecule has 3 amide bonds. The second-order valence-corrected chi connectivity index (χ2v) is 9.40. The number of rotatable bonds is 14. The zero-order chi connectivity index (χ0) is 27.2. The van der Waals surface area contributed by atoms with Gasteiger partial charge in [-0.15, -0.1) is 0 Å². The molecular formula is C25H30N4O7S. The number of nitrogens with zero attached hydrogens (tertiary/aromatic N) is 2.